The molecule has 5 rings (SSSR count). The van der Waals surface area contributed by atoms with Crippen LogP contribution in [0.15, 0.2) is 72.8 Å². The van der Waals surface area contributed by atoms with Crippen LogP contribution in [-0.2, 0) is 9.47 Å². The van der Waals surface area contributed by atoms with Crippen molar-refractivity contribution < 1.29 is 24.2 Å². The van der Waals surface area contributed by atoms with Gasteiger partial charge in [-0.05, 0) is 49.1 Å². The number of para-hydroxylation sites is 1. The Morgan fingerprint density at radius 2 is 1.46 bits per heavy atom. The Hall–Kier alpha value is -3.84. The van der Waals surface area contributed by atoms with Crippen LogP contribution in [0, 0.1) is 0 Å². The van der Waals surface area contributed by atoms with Crippen molar-refractivity contribution in [1.82, 2.24) is 4.90 Å². The van der Waals surface area contributed by atoms with E-state index in [0.717, 1.165) is 22.3 Å². The van der Waals surface area contributed by atoms with Gasteiger partial charge in [-0.25, -0.2) is 9.59 Å². The summed E-state index contributed by atoms with van der Waals surface area (Å²) in [5.74, 6) is -0.0593. The van der Waals surface area contributed by atoms with Gasteiger partial charge in [0.2, 0.25) is 0 Å². The first-order chi connectivity index (χ1) is 17.7. The molecule has 3 aromatic carbocycles. The normalized spacial score (nSPS) is 18.5. The molecule has 0 bridgehead atoms. The minimum Gasteiger partial charge on any atom is -0.448 e. The van der Waals surface area contributed by atoms with Crippen molar-refractivity contribution in [2.24, 2.45) is 0 Å². The molecule has 2 atom stereocenters. The third-order valence-electron chi connectivity index (χ3n) is 6.94. The van der Waals surface area contributed by atoms with E-state index in [9.17, 15) is 14.7 Å². The van der Waals surface area contributed by atoms with Gasteiger partial charge < -0.3 is 19.5 Å². The molecule has 1 aliphatic carbocycles. The molecule has 7 nitrogen and oxygen atoms in total. The molecule has 3 aromatic rings. The first-order valence-corrected chi connectivity index (χ1v) is 12.5. The molecule has 37 heavy (non-hydrogen) atoms. The number of ether oxygens (including phenoxy) is 2. The Balaban J connectivity index is 1.35. The summed E-state index contributed by atoms with van der Waals surface area (Å²) in [4.78, 5) is 29.0. The van der Waals surface area contributed by atoms with Gasteiger partial charge in [-0.1, -0.05) is 66.7 Å². The van der Waals surface area contributed by atoms with Gasteiger partial charge in [0.25, 0.3) is 0 Å². The van der Waals surface area contributed by atoms with Crippen molar-refractivity contribution in [2.45, 2.75) is 44.4 Å². The van der Waals surface area contributed by atoms with Gasteiger partial charge in [0.05, 0.1) is 24.4 Å². The molecule has 0 saturated carbocycles. The van der Waals surface area contributed by atoms with Gasteiger partial charge in [0.15, 0.2) is 0 Å². The molecule has 0 fully saturated rings. The first-order valence-electron chi connectivity index (χ1n) is 12.5. The number of aliphatic hydroxyl groups is 1. The van der Waals surface area contributed by atoms with Crippen LogP contribution >= 0.6 is 0 Å². The van der Waals surface area contributed by atoms with Crippen LogP contribution < -0.4 is 4.90 Å². The molecule has 192 valence electrons. The van der Waals surface area contributed by atoms with Gasteiger partial charge in [0.1, 0.15) is 12.2 Å². The molecule has 0 radical (unpaired) electrons. The highest BCUT2D eigenvalue weighted by Gasteiger charge is 2.40. The van der Waals surface area contributed by atoms with E-state index in [1.807, 2.05) is 42.5 Å². The van der Waals surface area contributed by atoms with E-state index in [1.54, 1.807) is 33.9 Å². The Morgan fingerprint density at radius 1 is 0.919 bits per heavy atom. The van der Waals surface area contributed by atoms with Crippen molar-refractivity contribution in [1.29, 1.82) is 0 Å². The number of rotatable bonds is 3. The predicted molar refractivity (Wildman–Crippen MR) is 142 cm³/mol. The number of fused-ring (bicyclic) bond motifs is 4. The molecule has 0 saturated heterocycles. The number of amides is 2. The number of nitrogens with zero attached hydrogens (tertiary/aromatic N) is 2. The summed E-state index contributed by atoms with van der Waals surface area (Å²) in [6.45, 7) is 5.57. The summed E-state index contributed by atoms with van der Waals surface area (Å²) in [5, 5.41) is 11.1. The molecule has 1 heterocycles. The second-order valence-corrected chi connectivity index (χ2v) is 10.6. The Bertz CT molecular complexity index is 1290. The molecule has 0 spiro atoms. The average Bonchev–Trinajstić information content (AvgIpc) is 3.19. The molecule has 0 unspecified atom stereocenters. The topological polar surface area (TPSA) is 79.3 Å². The van der Waals surface area contributed by atoms with Crippen LogP contribution in [0.3, 0.4) is 0 Å². The summed E-state index contributed by atoms with van der Waals surface area (Å²) in [7, 11) is 1.62. The summed E-state index contributed by atoms with van der Waals surface area (Å²) in [6, 6.07) is 22.9. The summed E-state index contributed by atoms with van der Waals surface area (Å²) in [6.07, 6.45) is -2.10. The quantitative estimate of drug-likeness (QED) is 0.497. The molecular formula is C30H32N2O5. The number of likely N-dealkylation sites (N-methyl/N-ethyl adjacent to an activating group) is 1. The molecular weight excluding hydrogens is 468 g/mol. The largest absolute Gasteiger partial charge is 0.448 e. The molecule has 0 aromatic heterocycles. The Labute approximate surface area is 217 Å². The number of benzene rings is 3. The zero-order valence-corrected chi connectivity index (χ0v) is 21.5. The maximum atomic E-state index is 13.3. The number of hydrogen-bond acceptors (Lipinski definition) is 5. The lowest BCUT2D eigenvalue weighted by molar-refractivity contribution is 0.0345. The average molecular weight is 501 g/mol. The highest BCUT2D eigenvalue weighted by Crippen LogP contribution is 2.45. The van der Waals surface area contributed by atoms with Crippen molar-refractivity contribution in [3.05, 3.63) is 89.5 Å². The summed E-state index contributed by atoms with van der Waals surface area (Å²) in [5.41, 5.74) is 5.17. The monoisotopic (exact) mass is 500 g/mol. The van der Waals surface area contributed by atoms with Crippen LogP contribution in [0.4, 0.5) is 15.3 Å². The molecule has 1 aliphatic heterocycles. The van der Waals surface area contributed by atoms with E-state index in [1.165, 1.54) is 9.80 Å². The maximum Gasteiger partial charge on any atom is 0.414 e. The van der Waals surface area contributed by atoms with Crippen LogP contribution in [0.1, 0.15) is 49.4 Å². The van der Waals surface area contributed by atoms with Crippen LogP contribution in [-0.4, -0.2) is 54.1 Å². The summed E-state index contributed by atoms with van der Waals surface area (Å²) < 4.78 is 11.4. The van der Waals surface area contributed by atoms with E-state index < -0.39 is 29.9 Å². The number of anilines is 1. The van der Waals surface area contributed by atoms with Gasteiger partial charge in [-0.3, -0.25) is 4.90 Å². The first kappa shape index (κ1) is 24.8. The van der Waals surface area contributed by atoms with E-state index in [0.29, 0.717) is 11.3 Å². The fourth-order valence-corrected chi connectivity index (χ4v) is 5.34. The number of carbonyl (C=O) groups is 2. The minimum atomic E-state index is -1.02. The number of β-amino-alcohol motifs (C(OH)–C–C–N with tert-alkyl or cyclic N) is 1. The van der Waals surface area contributed by atoms with Crippen molar-refractivity contribution >= 4 is 17.9 Å². The highest BCUT2D eigenvalue weighted by molar-refractivity contribution is 5.90. The van der Waals surface area contributed by atoms with E-state index in [-0.39, 0.29) is 19.1 Å². The standard InChI is InChI=1S/C30H32N2O5/c1-30(2,3)37-29(35)32-17-26(33)27(23-15-9-10-16-25(23)32)31(4)28(34)36-18-24-21-13-7-5-11-19(21)20-12-6-8-14-22(20)24/h5-16,24,26-27,33H,17-18H2,1-4H3/t26-,27-/m1/s1. The summed E-state index contributed by atoms with van der Waals surface area (Å²) >= 11 is 0. The lowest BCUT2D eigenvalue weighted by Crippen LogP contribution is -2.51. The lowest BCUT2D eigenvalue weighted by atomic mass is 9.93. The molecule has 1 N–H and O–H groups in total. The third kappa shape index (κ3) is 4.67. The van der Waals surface area contributed by atoms with Crippen molar-refractivity contribution in [3.63, 3.8) is 0 Å². The predicted octanol–water partition coefficient (Wildman–Crippen LogP) is 5.72. The van der Waals surface area contributed by atoms with E-state index in [2.05, 4.69) is 24.3 Å². The van der Waals surface area contributed by atoms with Gasteiger partial charge in [-0.15, -0.1) is 0 Å². The smallest absolute Gasteiger partial charge is 0.414 e. The number of aliphatic hydroxyl groups excluding tert-OH is 1. The zero-order valence-electron chi connectivity index (χ0n) is 21.5. The zero-order chi connectivity index (χ0) is 26.3. The lowest BCUT2D eigenvalue weighted by Gasteiger charge is -2.41. The van der Waals surface area contributed by atoms with Crippen molar-refractivity contribution in [2.75, 3.05) is 25.1 Å². The second-order valence-electron chi connectivity index (χ2n) is 10.6. The van der Waals surface area contributed by atoms with Crippen molar-refractivity contribution in [3.8, 4) is 11.1 Å². The maximum absolute atomic E-state index is 13.3. The fourth-order valence-electron chi connectivity index (χ4n) is 5.34. The van der Waals surface area contributed by atoms with Crippen LogP contribution in [0.25, 0.3) is 11.1 Å². The fraction of sp³-hybridized carbons (Fsp3) is 0.333. The SMILES string of the molecule is CN(C(=O)OCC1c2ccccc2-c2ccccc21)[C@@H]1c2ccccc2N(C(=O)OC(C)(C)C)C[C@H]1O. The molecule has 2 aliphatic rings. The minimum absolute atomic E-state index is 0.00239. The molecule has 2 amide bonds. The van der Waals surface area contributed by atoms with Gasteiger partial charge >= 0.3 is 12.2 Å². The number of carbonyl (C=O) groups excluding carboxylic acids is 2. The second kappa shape index (κ2) is 9.56. The molecule has 7 heteroatoms. The van der Waals surface area contributed by atoms with E-state index >= 15 is 0 Å². The highest BCUT2D eigenvalue weighted by atomic mass is 16.6. The third-order valence-corrected chi connectivity index (χ3v) is 6.94. The van der Waals surface area contributed by atoms with Gasteiger partial charge in [-0.2, -0.15) is 0 Å². The Kier molecular flexibility index (Phi) is 6.42. The van der Waals surface area contributed by atoms with Crippen LogP contribution in [0.5, 0.6) is 0 Å². The Morgan fingerprint density at radius 3 is 2.05 bits per heavy atom. The van der Waals surface area contributed by atoms with Gasteiger partial charge in [0, 0.05) is 18.5 Å². The van der Waals surface area contributed by atoms with E-state index in [4.69, 9.17) is 9.47 Å². The number of hydrogen-bond donors (Lipinski definition) is 1. The van der Waals surface area contributed by atoms with Crippen LogP contribution in [0.2, 0.25) is 0 Å².